The highest BCUT2D eigenvalue weighted by Gasteiger charge is 2.32. The lowest BCUT2D eigenvalue weighted by molar-refractivity contribution is 0.0990. The van der Waals surface area contributed by atoms with Crippen LogP contribution in [0.3, 0.4) is 0 Å². The zero-order chi connectivity index (χ0) is 19.7. The summed E-state index contributed by atoms with van der Waals surface area (Å²) in [5.41, 5.74) is 2.45. The summed E-state index contributed by atoms with van der Waals surface area (Å²) in [5.74, 6) is -0.251. The van der Waals surface area contributed by atoms with E-state index in [2.05, 4.69) is 15.9 Å². The molecule has 0 spiro atoms. The fourth-order valence-electron chi connectivity index (χ4n) is 3.08. The number of benzene rings is 3. The number of ether oxygens (including phenoxy) is 1. The Bertz CT molecular complexity index is 1100. The minimum atomic E-state index is -0.311. The van der Waals surface area contributed by atoms with Gasteiger partial charge in [0.05, 0.1) is 10.0 Å². The predicted molar refractivity (Wildman–Crippen MR) is 108 cm³/mol. The summed E-state index contributed by atoms with van der Waals surface area (Å²) < 4.78 is 19.7. The summed E-state index contributed by atoms with van der Waals surface area (Å²) in [6, 6.07) is 18.3. The molecule has 0 N–H and O–H groups in total. The Morgan fingerprint density at radius 1 is 0.893 bits per heavy atom. The van der Waals surface area contributed by atoms with Gasteiger partial charge in [-0.3, -0.25) is 9.59 Å². The van der Waals surface area contributed by atoms with Crippen LogP contribution in [0.2, 0.25) is 0 Å². The lowest BCUT2D eigenvalue weighted by Gasteiger charge is -2.09. The molecule has 3 aromatic carbocycles. The highest BCUT2D eigenvalue weighted by molar-refractivity contribution is 9.10. The van der Waals surface area contributed by atoms with E-state index in [1.54, 1.807) is 60.7 Å². The number of carbonyl (C=O) groups is 2. The number of ketones is 2. The Morgan fingerprint density at radius 2 is 1.61 bits per heavy atom. The molecule has 3 nitrogen and oxygen atoms in total. The second-order valence-electron chi connectivity index (χ2n) is 6.37. The number of Topliss-reactive ketones (excluding diaryl/α,β-unsaturated/α-hetero) is 2. The van der Waals surface area contributed by atoms with Crippen LogP contribution in [0.4, 0.5) is 4.39 Å². The molecule has 0 saturated carbocycles. The number of rotatable bonds is 4. The van der Waals surface area contributed by atoms with Crippen molar-refractivity contribution in [3.63, 3.8) is 0 Å². The van der Waals surface area contributed by atoms with Gasteiger partial charge in [0.1, 0.15) is 18.2 Å². The third-order valence-electron chi connectivity index (χ3n) is 4.46. The third kappa shape index (κ3) is 3.53. The third-order valence-corrected chi connectivity index (χ3v) is 5.08. The van der Waals surface area contributed by atoms with Crippen LogP contribution in [0.1, 0.15) is 31.8 Å². The molecule has 28 heavy (non-hydrogen) atoms. The number of fused-ring (bicyclic) bond motifs is 1. The van der Waals surface area contributed by atoms with E-state index in [1.807, 2.05) is 0 Å². The first kappa shape index (κ1) is 18.3. The quantitative estimate of drug-likeness (QED) is 0.393. The molecule has 5 heteroatoms. The average Bonchev–Trinajstić information content (AvgIpc) is 2.93. The second kappa shape index (κ2) is 7.52. The normalized spacial score (nSPS) is 12.9. The predicted octanol–water partition coefficient (Wildman–Crippen LogP) is 5.63. The highest BCUT2D eigenvalue weighted by atomic mass is 79.9. The van der Waals surface area contributed by atoms with Crippen molar-refractivity contribution in [3.8, 4) is 5.75 Å². The van der Waals surface area contributed by atoms with E-state index in [4.69, 9.17) is 4.74 Å². The Hall–Kier alpha value is -3.05. The van der Waals surface area contributed by atoms with Gasteiger partial charge in [-0.25, -0.2) is 4.39 Å². The lowest BCUT2D eigenvalue weighted by Crippen LogP contribution is -2.00. The molecule has 0 saturated heterocycles. The molecule has 0 unspecified atom stereocenters. The maximum Gasteiger partial charge on any atom is 0.197 e. The van der Waals surface area contributed by atoms with E-state index in [0.29, 0.717) is 26.9 Å². The first-order valence-electron chi connectivity index (χ1n) is 8.60. The number of carbonyl (C=O) groups excluding carboxylic acids is 2. The number of hydrogen-bond acceptors (Lipinski definition) is 3. The lowest BCUT2D eigenvalue weighted by atomic mass is 10.1. The minimum absolute atomic E-state index is 0.154. The Morgan fingerprint density at radius 3 is 2.25 bits per heavy atom. The first-order valence-corrected chi connectivity index (χ1v) is 9.39. The van der Waals surface area contributed by atoms with Gasteiger partial charge in [-0.15, -0.1) is 0 Å². The average molecular weight is 437 g/mol. The number of allylic oxidation sites excluding steroid dienone is 1. The smallest absolute Gasteiger partial charge is 0.197 e. The summed E-state index contributed by atoms with van der Waals surface area (Å²) in [5, 5.41) is 0. The van der Waals surface area contributed by atoms with Crippen molar-refractivity contribution in [2.45, 2.75) is 6.61 Å². The molecule has 0 amide bonds. The van der Waals surface area contributed by atoms with Crippen LogP contribution in [0.15, 0.2) is 76.8 Å². The van der Waals surface area contributed by atoms with Gasteiger partial charge < -0.3 is 4.74 Å². The maximum absolute atomic E-state index is 13.3. The SMILES string of the molecule is O=C1C(=Cc2ccc(OCc3cccc(F)c3)c(Br)c2)C(=O)c2ccccc21. The van der Waals surface area contributed by atoms with E-state index in [9.17, 15) is 14.0 Å². The highest BCUT2D eigenvalue weighted by Crippen LogP contribution is 2.31. The molecule has 1 aliphatic carbocycles. The van der Waals surface area contributed by atoms with Gasteiger partial charge in [-0.2, -0.15) is 0 Å². The van der Waals surface area contributed by atoms with Crippen molar-refractivity contribution in [1.29, 1.82) is 0 Å². The molecule has 3 aromatic rings. The molecular formula is C23H14BrFO3. The standard InChI is InChI=1S/C23H14BrFO3/c24-20-12-14(8-9-21(20)28-13-15-4-3-5-16(25)10-15)11-19-22(26)17-6-1-2-7-18(17)23(19)27/h1-12H,13H2. The van der Waals surface area contributed by atoms with Gasteiger partial charge in [0.2, 0.25) is 0 Å². The van der Waals surface area contributed by atoms with Crippen molar-refractivity contribution >= 4 is 33.6 Å². The zero-order valence-electron chi connectivity index (χ0n) is 14.6. The van der Waals surface area contributed by atoms with Gasteiger partial charge in [-0.05, 0) is 57.4 Å². The van der Waals surface area contributed by atoms with E-state index < -0.39 is 0 Å². The van der Waals surface area contributed by atoms with Gasteiger partial charge in [0.15, 0.2) is 11.6 Å². The first-order chi connectivity index (χ1) is 13.5. The monoisotopic (exact) mass is 436 g/mol. The molecule has 0 bridgehead atoms. The van der Waals surface area contributed by atoms with Gasteiger partial charge in [-0.1, -0.05) is 42.5 Å². The van der Waals surface area contributed by atoms with Crippen molar-refractivity contribution in [3.05, 3.63) is 105 Å². The van der Waals surface area contributed by atoms with Gasteiger partial charge >= 0.3 is 0 Å². The molecule has 0 aliphatic heterocycles. The molecule has 0 heterocycles. The zero-order valence-corrected chi connectivity index (χ0v) is 16.2. The fraction of sp³-hybridized carbons (Fsp3) is 0.0435. The Balaban J connectivity index is 1.55. The molecule has 0 radical (unpaired) electrons. The molecule has 0 atom stereocenters. The summed E-state index contributed by atoms with van der Waals surface area (Å²) in [7, 11) is 0. The summed E-state index contributed by atoms with van der Waals surface area (Å²) >= 11 is 3.44. The van der Waals surface area contributed by atoms with E-state index in [-0.39, 0.29) is 29.6 Å². The van der Waals surface area contributed by atoms with E-state index in [1.165, 1.54) is 12.1 Å². The van der Waals surface area contributed by atoms with Crippen molar-refractivity contribution in [2.75, 3.05) is 0 Å². The van der Waals surface area contributed by atoms with E-state index in [0.717, 1.165) is 5.56 Å². The Kier molecular flexibility index (Phi) is 4.92. The van der Waals surface area contributed by atoms with Crippen LogP contribution in [-0.4, -0.2) is 11.6 Å². The Labute approximate surface area is 169 Å². The molecule has 4 rings (SSSR count). The molecule has 138 valence electrons. The molecular weight excluding hydrogens is 423 g/mol. The summed E-state index contributed by atoms with van der Waals surface area (Å²) in [6.45, 7) is 0.225. The van der Waals surface area contributed by atoms with E-state index >= 15 is 0 Å². The number of halogens is 2. The fourth-order valence-corrected chi connectivity index (χ4v) is 3.59. The topological polar surface area (TPSA) is 43.4 Å². The summed E-state index contributed by atoms with van der Waals surface area (Å²) in [6.07, 6.45) is 1.59. The van der Waals surface area contributed by atoms with Crippen LogP contribution >= 0.6 is 15.9 Å². The second-order valence-corrected chi connectivity index (χ2v) is 7.22. The van der Waals surface area contributed by atoms with Gasteiger partial charge in [0.25, 0.3) is 0 Å². The van der Waals surface area contributed by atoms with Crippen LogP contribution in [0, 0.1) is 5.82 Å². The molecule has 0 fully saturated rings. The van der Waals surface area contributed by atoms with Gasteiger partial charge in [0, 0.05) is 11.1 Å². The summed E-state index contributed by atoms with van der Waals surface area (Å²) in [4.78, 5) is 25.0. The largest absolute Gasteiger partial charge is 0.488 e. The molecule has 0 aromatic heterocycles. The van der Waals surface area contributed by atoms with Crippen molar-refractivity contribution in [1.82, 2.24) is 0 Å². The molecule has 1 aliphatic rings. The van der Waals surface area contributed by atoms with Crippen LogP contribution in [0.5, 0.6) is 5.75 Å². The van der Waals surface area contributed by atoms with Crippen LogP contribution in [0.25, 0.3) is 6.08 Å². The van der Waals surface area contributed by atoms with Crippen LogP contribution in [-0.2, 0) is 6.61 Å². The maximum atomic E-state index is 13.3. The number of hydrogen-bond donors (Lipinski definition) is 0. The minimum Gasteiger partial charge on any atom is -0.488 e. The van der Waals surface area contributed by atoms with Crippen molar-refractivity contribution < 1.29 is 18.7 Å². The van der Waals surface area contributed by atoms with Crippen molar-refractivity contribution in [2.24, 2.45) is 0 Å². The van der Waals surface area contributed by atoms with Crippen LogP contribution < -0.4 is 4.74 Å².